The molecule has 0 saturated heterocycles. The average molecular weight is 553 g/mol. The number of rotatable bonds is 7. The van der Waals surface area contributed by atoms with Gasteiger partial charge in [-0.2, -0.15) is 9.78 Å². The number of nitrogens with one attached hydrogen (secondary N) is 1. The van der Waals surface area contributed by atoms with Crippen molar-refractivity contribution in [2.45, 2.75) is 6.92 Å². The van der Waals surface area contributed by atoms with Gasteiger partial charge in [-0.25, -0.2) is 0 Å². The molecule has 5 rings (SSSR count). The number of aromatic nitrogens is 2. The van der Waals surface area contributed by atoms with Gasteiger partial charge in [-0.15, -0.1) is 0 Å². The Hall–Kier alpha value is -4.21. The second kappa shape index (κ2) is 10.6. The van der Waals surface area contributed by atoms with E-state index in [1.165, 1.54) is 10.9 Å². The van der Waals surface area contributed by atoms with Gasteiger partial charge < -0.3 is 24.4 Å². The number of hydrogen-bond donors (Lipinski definition) is 1. The molecule has 2 heterocycles. The Labute approximate surface area is 228 Å². The Morgan fingerprint density at radius 1 is 1.08 bits per heavy atom. The molecule has 0 radical (unpaired) electrons. The predicted octanol–water partition coefficient (Wildman–Crippen LogP) is 5.90. The van der Waals surface area contributed by atoms with Crippen molar-refractivity contribution in [3.63, 3.8) is 0 Å². The number of halogens is 2. The number of benzene rings is 3. The highest BCUT2D eigenvalue weighted by molar-refractivity contribution is 6.42. The fourth-order valence-corrected chi connectivity index (χ4v) is 4.03. The number of carbonyl (C=O) groups excluding carboxylic acids is 1. The van der Waals surface area contributed by atoms with Crippen LogP contribution in [0.4, 0.5) is 11.4 Å². The maximum Gasteiger partial charge on any atom is 0.299 e. The molecule has 11 heteroatoms. The molecule has 3 aromatic carbocycles. The van der Waals surface area contributed by atoms with Gasteiger partial charge in [0.25, 0.3) is 11.5 Å². The van der Waals surface area contributed by atoms with Crippen molar-refractivity contribution < 1.29 is 19.0 Å². The molecule has 0 aliphatic carbocycles. The van der Waals surface area contributed by atoms with Crippen molar-refractivity contribution in [2.75, 3.05) is 25.7 Å². The summed E-state index contributed by atoms with van der Waals surface area (Å²) in [5, 5.41) is 8.04. The van der Waals surface area contributed by atoms with Crippen LogP contribution in [0.3, 0.4) is 0 Å². The van der Waals surface area contributed by atoms with E-state index in [1.54, 1.807) is 72.6 Å². The molecule has 0 spiro atoms. The standard InChI is InChI=1S/C27H22Cl2N4O5/c1-3-32(2)26(34)16-5-4-6-17(11-16)31-25-24(38-19-8-10-22-23(13-19)37-15-36-22)14-30-33(27(25)35)18-7-9-20(28)21(29)12-18/h4-14,31H,3,15H2,1-2H3. The number of ether oxygens (including phenoxy) is 3. The lowest BCUT2D eigenvalue weighted by molar-refractivity contribution is 0.0802. The van der Waals surface area contributed by atoms with E-state index in [9.17, 15) is 9.59 Å². The highest BCUT2D eigenvalue weighted by Crippen LogP contribution is 2.38. The predicted molar refractivity (Wildman–Crippen MR) is 145 cm³/mol. The summed E-state index contributed by atoms with van der Waals surface area (Å²) in [6.07, 6.45) is 1.41. The van der Waals surface area contributed by atoms with E-state index >= 15 is 0 Å². The zero-order chi connectivity index (χ0) is 26.8. The van der Waals surface area contributed by atoms with Gasteiger partial charge in [-0.1, -0.05) is 29.3 Å². The van der Waals surface area contributed by atoms with Crippen LogP contribution in [0, 0.1) is 0 Å². The Kier molecular flexibility index (Phi) is 7.13. The second-order valence-corrected chi connectivity index (χ2v) is 9.16. The summed E-state index contributed by atoms with van der Waals surface area (Å²) in [7, 11) is 1.72. The first kappa shape index (κ1) is 25.4. The Balaban J connectivity index is 1.57. The van der Waals surface area contributed by atoms with E-state index in [4.69, 9.17) is 37.4 Å². The van der Waals surface area contributed by atoms with E-state index in [0.29, 0.717) is 45.8 Å². The van der Waals surface area contributed by atoms with Gasteiger partial charge in [0.05, 0.1) is 21.9 Å². The molecule has 0 saturated carbocycles. The van der Waals surface area contributed by atoms with Crippen LogP contribution in [0.2, 0.25) is 10.0 Å². The van der Waals surface area contributed by atoms with Gasteiger partial charge in [0, 0.05) is 30.9 Å². The molecule has 1 aliphatic heterocycles. The van der Waals surface area contributed by atoms with E-state index in [1.807, 2.05) is 6.92 Å². The summed E-state index contributed by atoms with van der Waals surface area (Å²) in [5.41, 5.74) is 0.980. The van der Waals surface area contributed by atoms with Crippen LogP contribution in [0.1, 0.15) is 17.3 Å². The van der Waals surface area contributed by atoms with Crippen molar-refractivity contribution >= 4 is 40.5 Å². The zero-order valence-corrected chi connectivity index (χ0v) is 21.9. The third kappa shape index (κ3) is 5.11. The van der Waals surface area contributed by atoms with Crippen molar-refractivity contribution in [1.82, 2.24) is 14.7 Å². The summed E-state index contributed by atoms with van der Waals surface area (Å²) in [5.74, 6) is 1.56. The van der Waals surface area contributed by atoms with Gasteiger partial charge in [0.15, 0.2) is 22.9 Å². The molecule has 4 aromatic rings. The van der Waals surface area contributed by atoms with E-state index in [2.05, 4.69) is 10.4 Å². The van der Waals surface area contributed by atoms with E-state index in [-0.39, 0.29) is 29.2 Å². The lowest BCUT2D eigenvalue weighted by atomic mass is 10.1. The summed E-state index contributed by atoms with van der Waals surface area (Å²) in [6.45, 7) is 2.57. The highest BCUT2D eigenvalue weighted by Gasteiger charge is 2.19. The van der Waals surface area contributed by atoms with Gasteiger partial charge >= 0.3 is 0 Å². The third-order valence-electron chi connectivity index (χ3n) is 5.86. The summed E-state index contributed by atoms with van der Waals surface area (Å²) in [4.78, 5) is 28.0. The first-order valence-electron chi connectivity index (χ1n) is 11.6. The normalized spacial score (nSPS) is 11.8. The Bertz CT molecular complexity index is 1590. The second-order valence-electron chi connectivity index (χ2n) is 8.34. The first-order valence-corrected chi connectivity index (χ1v) is 12.4. The van der Waals surface area contributed by atoms with Crippen LogP contribution in [-0.2, 0) is 0 Å². The van der Waals surface area contributed by atoms with Crippen LogP contribution in [0.25, 0.3) is 5.69 Å². The molecule has 1 aliphatic rings. The van der Waals surface area contributed by atoms with Crippen molar-refractivity contribution in [1.29, 1.82) is 0 Å². The summed E-state index contributed by atoms with van der Waals surface area (Å²) < 4.78 is 18.0. The minimum absolute atomic E-state index is 0.0946. The smallest absolute Gasteiger partial charge is 0.299 e. The SMILES string of the molecule is CCN(C)C(=O)c1cccc(Nc2c(Oc3ccc4c(c3)OCO4)cnn(-c3ccc(Cl)c(Cl)c3)c2=O)c1. The topological polar surface area (TPSA) is 94.9 Å². The molecule has 194 valence electrons. The van der Waals surface area contributed by atoms with Gasteiger partial charge in [-0.05, 0) is 55.5 Å². The third-order valence-corrected chi connectivity index (χ3v) is 6.60. The Morgan fingerprint density at radius 3 is 2.68 bits per heavy atom. The maximum absolute atomic E-state index is 13.7. The molecule has 0 unspecified atom stereocenters. The van der Waals surface area contributed by atoms with Gasteiger partial charge in [0.2, 0.25) is 6.79 Å². The largest absolute Gasteiger partial charge is 0.454 e. The van der Waals surface area contributed by atoms with Crippen molar-refractivity contribution in [3.8, 4) is 28.7 Å². The molecule has 1 N–H and O–H groups in total. The van der Waals surface area contributed by atoms with Gasteiger partial charge in [0.1, 0.15) is 5.75 Å². The molecule has 38 heavy (non-hydrogen) atoms. The molecule has 1 aromatic heterocycles. The maximum atomic E-state index is 13.7. The summed E-state index contributed by atoms with van der Waals surface area (Å²) >= 11 is 12.2. The van der Waals surface area contributed by atoms with Crippen LogP contribution in [0.5, 0.6) is 23.0 Å². The van der Waals surface area contributed by atoms with Crippen molar-refractivity contribution in [3.05, 3.63) is 92.8 Å². The molecule has 1 amide bonds. The number of anilines is 2. The quantitative estimate of drug-likeness (QED) is 0.305. The molecular formula is C27H22Cl2N4O5. The molecule has 0 fully saturated rings. The lowest BCUT2D eigenvalue weighted by Crippen LogP contribution is -2.26. The molecule has 0 bridgehead atoms. The molecular weight excluding hydrogens is 531 g/mol. The van der Waals surface area contributed by atoms with Crippen LogP contribution < -0.4 is 25.1 Å². The minimum atomic E-state index is -0.510. The fraction of sp³-hybridized carbons (Fsp3) is 0.148. The number of fused-ring (bicyclic) bond motifs is 1. The highest BCUT2D eigenvalue weighted by atomic mass is 35.5. The number of hydrogen-bond acceptors (Lipinski definition) is 7. The van der Waals surface area contributed by atoms with Gasteiger partial charge in [-0.3, -0.25) is 9.59 Å². The van der Waals surface area contributed by atoms with Crippen LogP contribution in [-0.4, -0.2) is 41.0 Å². The number of carbonyl (C=O) groups is 1. The fourth-order valence-electron chi connectivity index (χ4n) is 3.74. The molecule has 9 nitrogen and oxygen atoms in total. The minimum Gasteiger partial charge on any atom is -0.454 e. The molecule has 0 atom stereocenters. The average Bonchev–Trinajstić information content (AvgIpc) is 3.40. The van der Waals surface area contributed by atoms with E-state index in [0.717, 1.165) is 0 Å². The zero-order valence-electron chi connectivity index (χ0n) is 20.4. The van der Waals surface area contributed by atoms with E-state index < -0.39 is 5.56 Å². The number of nitrogens with zero attached hydrogens (tertiary/aromatic N) is 3. The monoisotopic (exact) mass is 552 g/mol. The number of amides is 1. The van der Waals surface area contributed by atoms with Crippen LogP contribution >= 0.6 is 23.2 Å². The Morgan fingerprint density at radius 2 is 1.89 bits per heavy atom. The lowest BCUT2D eigenvalue weighted by Gasteiger charge is -2.17. The van der Waals surface area contributed by atoms with Crippen molar-refractivity contribution in [2.24, 2.45) is 0 Å². The summed E-state index contributed by atoms with van der Waals surface area (Å²) in [6, 6.07) is 16.7. The van der Waals surface area contributed by atoms with Crippen LogP contribution in [0.15, 0.2) is 71.7 Å². The first-order chi connectivity index (χ1) is 18.3.